The Morgan fingerprint density at radius 3 is 0.809 bits per heavy atom. The summed E-state index contributed by atoms with van der Waals surface area (Å²) in [6.07, 6.45) is 1.93. The number of hydrogen-bond acceptors (Lipinski definition) is 1. The summed E-state index contributed by atoms with van der Waals surface area (Å²) in [4.78, 5) is 2.91. The van der Waals surface area contributed by atoms with Crippen LogP contribution in [-0.4, -0.2) is 0 Å². The standard InChI is InChI=1S/C46H32S/c1-7-19-37-31(13-1)43-32-14-2-8-20-38(32)45(37,39-21-9-3-15-33(39)43)27-29-25-26-30(47-29)28-46-40-22-10-4-16-34(40)44(35-17-5-11-23-41(35)46)36-18-6-12-24-42(36)46/h1-26,43-44H,27-28H2. The van der Waals surface area contributed by atoms with Crippen LogP contribution >= 0.6 is 11.3 Å². The summed E-state index contributed by atoms with van der Waals surface area (Å²) in [6.45, 7) is 0. The summed E-state index contributed by atoms with van der Waals surface area (Å²) < 4.78 is 0. The van der Waals surface area contributed by atoms with Gasteiger partial charge in [-0.15, -0.1) is 11.3 Å². The Morgan fingerprint density at radius 2 is 0.553 bits per heavy atom. The van der Waals surface area contributed by atoms with Crippen LogP contribution in [0.25, 0.3) is 0 Å². The molecule has 13 rings (SSSR count). The molecule has 0 saturated carbocycles. The lowest BCUT2D eigenvalue weighted by atomic mass is 9.52. The molecule has 0 unspecified atom stereocenters. The topological polar surface area (TPSA) is 0 Å². The number of hydrogen-bond donors (Lipinski definition) is 0. The lowest BCUT2D eigenvalue weighted by Gasteiger charge is -2.51. The van der Waals surface area contributed by atoms with Gasteiger partial charge in [0.1, 0.15) is 0 Å². The Kier molecular flexibility index (Phi) is 5.17. The maximum Gasteiger partial charge on any atom is 0.0508 e. The molecule has 0 radical (unpaired) electrons. The van der Waals surface area contributed by atoms with Crippen molar-refractivity contribution in [3.05, 3.63) is 234 Å². The zero-order chi connectivity index (χ0) is 30.7. The first-order chi connectivity index (χ1) is 23.3. The normalized spacial score (nSPS) is 23.2. The minimum atomic E-state index is -0.201. The average Bonchev–Trinajstić information content (AvgIpc) is 3.58. The summed E-state index contributed by atoms with van der Waals surface area (Å²) in [7, 11) is 0. The molecule has 4 bridgehead atoms. The van der Waals surface area contributed by atoms with Gasteiger partial charge in [0.05, 0.1) is 10.8 Å². The van der Waals surface area contributed by atoms with Crippen LogP contribution in [0.5, 0.6) is 0 Å². The van der Waals surface area contributed by atoms with Crippen LogP contribution in [0.15, 0.2) is 158 Å². The zero-order valence-corrected chi connectivity index (χ0v) is 26.8. The van der Waals surface area contributed by atoms with E-state index in [1.54, 1.807) is 0 Å². The SMILES string of the molecule is c1ccc2c(c1)C1c3ccccc3C2(Cc2ccc(CC34c5ccccc5C(c5ccccc53)c3ccccc34)s2)c2ccccc21. The number of thiophene rings is 1. The molecular formula is C46H32S. The van der Waals surface area contributed by atoms with Crippen LogP contribution < -0.4 is 0 Å². The van der Waals surface area contributed by atoms with Crippen molar-refractivity contribution in [1.82, 2.24) is 0 Å². The molecule has 1 heterocycles. The van der Waals surface area contributed by atoms with Gasteiger partial charge in [0, 0.05) is 21.6 Å². The van der Waals surface area contributed by atoms with Gasteiger partial charge >= 0.3 is 0 Å². The third-order valence-corrected chi connectivity index (χ3v) is 13.1. The fourth-order valence-electron chi connectivity index (χ4n) is 10.4. The van der Waals surface area contributed by atoms with Crippen LogP contribution in [0.1, 0.15) is 88.4 Å². The van der Waals surface area contributed by atoms with E-state index >= 15 is 0 Å². The van der Waals surface area contributed by atoms with Crippen molar-refractivity contribution in [2.45, 2.75) is 35.5 Å². The first-order valence-electron chi connectivity index (χ1n) is 16.9. The van der Waals surface area contributed by atoms with Crippen LogP contribution in [0.3, 0.4) is 0 Å². The Hall–Kier alpha value is -4.98. The first-order valence-corrected chi connectivity index (χ1v) is 17.7. The van der Waals surface area contributed by atoms with Crippen molar-refractivity contribution in [2.24, 2.45) is 0 Å². The highest BCUT2D eigenvalue weighted by molar-refractivity contribution is 7.12. The molecule has 0 nitrogen and oxygen atoms in total. The monoisotopic (exact) mass is 616 g/mol. The predicted octanol–water partition coefficient (Wildman–Crippen LogP) is 10.5. The quantitative estimate of drug-likeness (QED) is 0.185. The molecule has 0 fully saturated rings. The van der Waals surface area contributed by atoms with E-state index in [2.05, 4.69) is 158 Å². The van der Waals surface area contributed by atoms with Gasteiger partial charge in [-0.2, -0.15) is 0 Å². The molecule has 7 aromatic rings. The molecule has 0 saturated heterocycles. The minimum Gasteiger partial charge on any atom is -0.145 e. The van der Waals surface area contributed by atoms with Gasteiger partial charge in [-0.1, -0.05) is 146 Å². The molecule has 222 valence electrons. The Labute approximate surface area is 280 Å². The largest absolute Gasteiger partial charge is 0.145 e. The molecule has 0 atom stereocenters. The summed E-state index contributed by atoms with van der Waals surface area (Å²) in [5.41, 5.74) is 17.4. The first kappa shape index (κ1) is 26.1. The third kappa shape index (κ3) is 3.19. The molecule has 47 heavy (non-hydrogen) atoms. The van der Waals surface area contributed by atoms with Crippen molar-refractivity contribution in [3.8, 4) is 0 Å². The van der Waals surface area contributed by atoms with Gasteiger partial charge in [-0.05, 0) is 91.7 Å². The summed E-state index contributed by atoms with van der Waals surface area (Å²) in [5.74, 6) is 0.611. The number of benzene rings is 6. The third-order valence-electron chi connectivity index (χ3n) is 12.0. The minimum absolute atomic E-state index is 0.201. The van der Waals surface area contributed by atoms with E-state index in [0.29, 0.717) is 11.8 Å². The summed E-state index contributed by atoms with van der Waals surface area (Å²) in [6, 6.07) is 60.5. The lowest BCUT2D eigenvalue weighted by molar-refractivity contribution is 0.543. The molecule has 1 heteroatoms. The van der Waals surface area contributed by atoms with Crippen molar-refractivity contribution in [3.63, 3.8) is 0 Å². The van der Waals surface area contributed by atoms with Gasteiger partial charge in [-0.3, -0.25) is 0 Å². The Bertz CT molecular complexity index is 2010. The molecule has 0 amide bonds. The lowest BCUT2D eigenvalue weighted by Crippen LogP contribution is -2.43. The summed E-state index contributed by atoms with van der Waals surface area (Å²) >= 11 is 2.03. The van der Waals surface area contributed by atoms with E-state index in [0.717, 1.165) is 12.8 Å². The van der Waals surface area contributed by atoms with Crippen molar-refractivity contribution < 1.29 is 0 Å². The van der Waals surface area contributed by atoms with Gasteiger partial charge in [-0.25, -0.2) is 0 Å². The molecule has 0 spiro atoms. The fourth-order valence-corrected chi connectivity index (χ4v) is 11.6. The van der Waals surface area contributed by atoms with Crippen LogP contribution in [0, 0.1) is 0 Å². The van der Waals surface area contributed by atoms with Crippen LogP contribution in [0.4, 0.5) is 0 Å². The molecule has 6 aliphatic carbocycles. The zero-order valence-electron chi connectivity index (χ0n) is 26.0. The van der Waals surface area contributed by atoms with E-state index in [4.69, 9.17) is 0 Å². The van der Waals surface area contributed by atoms with E-state index in [1.165, 1.54) is 76.5 Å². The molecule has 6 aromatic carbocycles. The van der Waals surface area contributed by atoms with Crippen LogP contribution in [-0.2, 0) is 23.7 Å². The molecule has 0 aliphatic heterocycles. The maximum absolute atomic E-state index is 2.44. The molecule has 6 aliphatic rings. The molecule has 0 N–H and O–H groups in total. The van der Waals surface area contributed by atoms with E-state index < -0.39 is 0 Å². The highest BCUT2D eigenvalue weighted by atomic mass is 32.1. The van der Waals surface area contributed by atoms with E-state index in [1.807, 2.05) is 11.3 Å². The maximum atomic E-state index is 2.44. The highest BCUT2D eigenvalue weighted by Gasteiger charge is 2.53. The van der Waals surface area contributed by atoms with Gasteiger partial charge in [0.25, 0.3) is 0 Å². The molecular weight excluding hydrogens is 585 g/mol. The average molecular weight is 617 g/mol. The Morgan fingerprint density at radius 1 is 0.319 bits per heavy atom. The Balaban J connectivity index is 1.09. The smallest absolute Gasteiger partial charge is 0.0508 e. The highest BCUT2D eigenvalue weighted by Crippen LogP contribution is 2.62. The van der Waals surface area contributed by atoms with Crippen LogP contribution in [0.2, 0.25) is 0 Å². The fraction of sp³-hybridized carbons (Fsp3) is 0.130. The van der Waals surface area contributed by atoms with Crippen molar-refractivity contribution >= 4 is 11.3 Å². The van der Waals surface area contributed by atoms with Gasteiger partial charge < -0.3 is 0 Å². The van der Waals surface area contributed by atoms with Crippen molar-refractivity contribution in [2.75, 3.05) is 0 Å². The second kappa shape index (κ2) is 9.31. The molecule has 1 aromatic heterocycles. The van der Waals surface area contributed by atoms with E-state index in [-0.39, 0.29) is 10.8 Å². The van der Waals surface area contributed by atoms with E-state index in [9.17, 15) is 0 Å². The predicted molar refractivity (Wildman–Crippen MR) is 192 cm³/mol. The summed E-state index contributed by atoms with van der Waals surface area (Å²) in [5, 5.41) is 0. The van der Waals surface area contributed by atoms with Crippen molar-refractivity contribution in [1.29, 1.82) is 0 Å². The second-order valence-electron chi connectivity index (χ2n) is 13.9. The van der Waals surface area contributed by atoms with Gasteiger partial charge in [0.15, 0.2) is 0 Å². The second-order valence-corrected chi connectivity index (χ2v) is 15.2. The van der Waals surface area contributed by atoms with Gasteiger partial charge in [0.2, 0.25) is 0 Å². The number of rotatable bonds is 4.